The number of amides is 1. The van der Waals surface area contributed by atoms with Crippen LogP contribution in [0.2, 0.25) is 0 Å². The first kappa shape index (κ1) is 15.9. The molecule has 1 amide bonds. The van der Waals surface area contributed by atoms with Crippen molar-refractivity contribution >= 4 is 11.9 Å². The van der Waals surface area contributed by atoms with Gasteiger partial charge in [-0.15, -0.1) is 0 Å². The van der Waals surface area contributed by atoms with Crippen molar-refractivity contribution in [3.05, 3.63) is 0 Å². The van der Waals surface area contributed by atoms with E-state index in [-0.39, 0.29) is 11.8 Å². The molecule has 0 spiro atoms. The lowest BCUT2D eigenvalue weighted by Gasteiger charge is -2.28. The van der Waals surface area contributed by atoms with Gasteiger partial charge >= 0.3 is 5.97 Å². The normalized spacial score (nSPS) is 15.1. The average Bonchev–Trinajstić information content (AvgIpc) is 2.19. The van der Waals surface area contributed by atoms with Crippen molar-refractivity contribution in [2.75, 3.05) is 6.54 Å². The minimum Gasteiger partial charge on any atom is -0.480 e. The maximum Gasteiger partial charge on any atom is 0.326 e. The van der Waals surface area contributed by atoms with E-state index in [1.807, 2.05) is 0 Å². The molecule has 100 valence electrons. The monoisotopic (exact) mass is 244 g/mol. The molecule has 1 unspecified atom stereocenters. The van der Waals surface area contributed by atoms with E-state index in [1.54, 1.807) is 27.7 Å². The predicted molar refractivity (Wildman–Crippen MR) is 66.5 cm³/mol. The van der Waals surface area contributed by atoms with Gasteiger partial charge in [0.1, 0.15) is 6.04 Å². The van der Waals surface area contributed by atoms with Gasteiger partial charge in [-0.2, -0.15) is 0 Å². The summed E-state index contributed by atoms with van der Waals surface area (Å²) in [5.74, 6) is -1.43. The predicted octanol–water partition coefficient (Wildman–Crippen LogP) is 0.977. The van der Waals surface area contributed by atoms with Crippen LogP contribution in [0.3, 0.4) is 0 Å². The Labute approximate surface area is 103 Å². The Morgan fingerprint density at radius 3 is 2.24 bits per heavy atom. The number of rotatable bonds is 6. The summed E-state index contributed by atoms with van der Waals surface area (Å²) in [6, 6.07) is -0.865. The Morgan fingerprint density at radius 2 is 1.88 bits per heavy atom. The molecular formula is C12H24N2O3. The highest BCUT2D eigenvalue weighted by Gasteiger charge is 2.33. The van der Waals surface area contributed by atoms with Crippen molar-refractivity contribution in [1.82, 2.24) is 5.32 Å². The van der Waals surface area contributed by atoms with E-state index in [0.717, 1.165) is 6.42 Å². The topological polar surface area (TPSA) is 92.4 Å². The molecule has 0 aliphatic rings. The van der Waals surface area contributed by atoms with E-state index in [1.165, 1.54) is 0 Å². The van der Waals surface area contributed by atoms with Gasteiger partial charge in [0.05, 0.1) is 0 Å². The lowest BCUT2D eigenvalue weighted by Crippen LogP contribution is -2.50. The van der Waals surface area contributed by atoms with Gasteiger partial charge in [-0.25, -0.2) is 4.79 Å². The van der Waals surface area contributed by atoms with E-state index >= 15 is 0 Å². The Balaban J connectivity index is 4.47. The molecule has 17 heavy (non-hydrogen) atoms. The zero-order valence-electron chi connectivity index (χ0n) is 11.1. The fourth-order valence-electron chi connectivity index (χ4n) is 1.49. The summed E-state index contributed by atoms with van der Waals surface area (Å²) < 4.78 is 0. The van der Waals surface area contributed by atoms with Crippen LogP contribution < -0.4 is 11.1 Å². The molecule has 4 N–H and O–H groups in total. The summed E-state index contributed by atoms with van der Waals surface area (Å²) in [7, 11) is 0. The third-order valence-electron chi connectivity index (χ3n) is 2.69. The fourth-order valence-corrected chi connectivity index (χ4v) is 1.49. The van der Waals surface area contributed by atoms with E-state index in [0.29, 0.717) is 13.0 Å². The smallest absolute Gasteiger partial charge is 0.326 e. The van der Waals surface area contributed by atoms with E-state index < -0.39 is 17.4 Å². The minimum atomic E-state index is -1.00. The molecule has 5 heteroatoms. The van der Waals surface area contributed by atoms with Crippen LogP contribution in [0.5, 0.6) is 0 Å². The molecule has 0 aliphatic carbocycles. The van der Waals surface area contributed by atoms with Crippen LogP contribution in [0.4, 0.5) is 0 Å². The number of hydrogen-bond acceptors (Lipinski definition) is 3. The molecule has 0 saturated carbocycles. The van der Waals surface area contributed by atoms with Gasteiger partial charge < -0.3 is 16.2 Å². The highest BCUT2D eigenvalue weighted by atomic mass is 16.4. The van der Waals surface area contributed by atoms with Gasteiger partial charge in [-0.3, -0.25) is 4.79 Å². The van der Waals surface area contributed by atoms with Crippen LogP contribution in [0.1, 0.15) is 40.5 Å². The molecule has 0 aliphatic heterocycles. The minimum absolute atomic E-state index is 0.206. The number of carboxylic acid groups (broad SMARTS) is 1. The second kappa shape index (κ2) is 6.59. The first-order valence-electron chi connectivity index (χ1n) is 5.93. The van der Waals surface area contributed by atoms with Crippen molar-refractivity contribution in [2.45, 2.75) is 46.6 Å². The number of aliphatic carboxylic acids is 1. The van der Waals surface area contributed by atoms with Crippen LogP contribution in [-0.2, 0) is 9.59 Å². The van der Waals surface area contributed by atoms with Gasteiger partial charge in [0.2, 0.25) is 5.91 Å². The molecule has 0 bridgehead atoms. The first-order valence-corrected chi connectivity index (χ1v) is 5.93. The maximum atomic E-state index is 11.8. The van der Waals surface area contributed by atoms with Gasteiger partial charge in [0.15, 0.2) is 0 Å². The van der Waals surface area contributed by atoms with Crippen LogP contribution >= 0.6 is 0 Å². The van der Waals surface area contributed by atoms with E-state index in [2.05, 4.69) is 5.32 Å². The molecule has 0 aromatic carbocycles. The number of nitrogens with one attached hydrogen (secondary N) is 1. The SMILES string of the molecule is CC(CCCN)C(=O)N[C@H](C(=O)O)C(C)(C)C. The van der Waals surface area contributed by atoms with Crippen molar-refractivity contribution in [3.8, 4) is 0 Å². The summed E-state index contributed by atoms with van der Waals surface area (Å²) in [5.41, 5.74) is 4.86. The number of carbonyl (C=O) groups excluding carboxylic acids is 1. The molecule has 0 saturated heterocycles. The Hall–Kier alpha value is -1.10. The molecule has 5 nitrogen and oxygen atoms in total. The van der Waals surface area contributed by atoms with Crippen LogP contribution in [0, 0.1) is 11.3 Å². The number of carbonyl (C=O) groups is 2. The van der Waals surface area contributed by atoms with E-state index in [4.69, 9.17) is 10.8 Å². The van der Waals surface area contributed by atoms with Gasteiger partial charge in [0.25, 0.3) is 0 Å². The Kier molecular flexibility index (Phi) is 6.16. The van der Waals surface area contributed by atoms with Crippen LogP contribution in [0.15, 0.2) is 0 Å². The van der Waals surface area contributed by atoms with Gasteiger partial charge in [-0.05, 0) is 24.8 Å². The quantitative estimate of drug-likeness (QED) is 0.649. The van der Waals surface area contributed by atoms with Gasteiger partial charge in [-0.1, -0.05) is 27.7 Å². The van der Waals surface area contributed by atoms with Crippen molar-refractivity contribution in [1.29, 1.82) is 0 Å². The van der Waals surface area contributed by atoms with Crippen molar-refractivity contribution in [2.24, 2.45) is 17.1 Å². The standard InChI is InChI=1S/C12H24N2O3/c1-8(6-5-7-13)10(15)14-9(11(16)17)12(2,3)4/h8-9H,5-7,13H2,1-4H3,(H,14,15)(H,16,17)/t8?,9-/m1/s1. The Morgan fingerprint density at radius 1 is 1.35 bits per heavy atom. The molecule has 0 aromatic rings. The maximum absolute atomic E-state index is 11.8. The number of carboxylic acids is 1. The second-order valence-electron chi connectivity index (χ2n) is 5.48. The lowest BCUT2D eigenvalue weighted by atomic mass is 9.86. The first-order chi connectivity index (χ1) is 7.70. The molecular weight excluding hydrogens is 220 g/mol. The van der Waals surface area contributed by atoms with E-state index in [9.17, 15) is 9.59 Å². The summed E-state index contributed by atoms with van der Waals surface area (Å²) in [6.45, 7) is 7.69. The lowest BCUT2D eigenvalue weighted by molar-refractivity contribution is -0.145. The zero-order valence-corrected chi connectivity index (χ0v) is 11.1. The summed E-state index contributed by atoms with van der Waals surface area (Å²) >= 11 is 0. The van der Waals surface area contributed by atoms with Crippen molar-refractivity contribution < 1.29 is 14.7 Å². The van der Waals surface area contributed by atoms with Gasteiger partial charge in [0, 0.05) is 5.92 Å². The zero-order chi connectivity index (χ0) is 13.6. The molecule has 0 heterocycles. The molecule has 0 aromatic heterocycles. The largest absolute Gasteiger partial charge is 0.480 e. The molecule has 0 rings (SSSR count). The average molecular weight is 244 g/mol. The Bertz CT molecular complexity index is 271. The second-order valence-corrected chi connectivity index (χ2v) is 5.48. The summed E-state index contributed by atoms with van der Waals surface area (Å²) in [6.07, 6.45) is 1.45. The molecule has 2 atom stereocenters. The number of nitrogens with two attached hydrogens (primary N) is 1. The van der Waals surface area contributed by atoms with Crippen molar-refractivity contribution in [3.63, 3.8) is 0 Å². The highest BCUT2D eigenvalue weighted by molar-refractivity contribution is 5.85. The number of hydrogen-bond donors (Lipinski definition) is 3. The van der Waals surface area contributed by atoms with Crippen LogP contribution in [-0.4, -0.2) is 29.6 Å². The van der Waals surface area contributed by atoms with Crippen LogP contribution in [0.25, 0.3) is 0 Å². The summed E-state index contributed by atoms with van der Waals surface area (Å²) in [5, 5.41) is 11.7. The summed E-state index contributed by atoms with van der Waals surface area (Å²) in [4.78, 5) is 22.9. The molecule has 0 fully saturated rings. The third-order valence-corrected chi connectivity index (χ3v) is 2.69. The fraction of sp³-hybridized carbons (Fsp3) is 0.833. The highest BCUT2D eigenvalue weighted by Crippen LogP contribution is 2.20. The molecule has 0 radical (unpaired) electrons. The third kappa shape index (κ3) is 5.68.